The van der Waals surface area contributed by atoms with Crippen LogP contribution in [-0.2, 0) is 18.3 Å². The minimum Gasteiger partial charge on any atom is -0.481 e. The van der Waals surface area contributed by atoms with Crippen molar-refractivity contribution in [2.45, 2.75) is 25.3 Å². The number of rotatable bonds is 7. The highest BCUT2D eigenvalue weighted by atomic mass is 16.4. The van der Waals surface area contributed by atoms with Crippen LogP contribution in [0, 0.1) is 0 Å². The molecule has 0 saturated carbocycles. The van der Waals surface area contributed by atoms with Gasteiger partial charge in [-0.15, -0.1) is 0 Å². The lowest BCUT2D eigenvalue weighted by atomic mass is 10.0. The summed E-state index contributed by atoms with van der Waals surface area (Å²) in [6.45, 7) is 0. The number of amides is 1. The van der Waals surface area contributed by atoms with Crippen molar-refractivity contribution in [3.63, 3.8) is 0 Å². The van der Waals surface area contributed by atoms with E-state index in [9.17, 15) is 19.2 Å². The summed E-state index contributed by atoms with van der Waals surface area (Å²) in [6, 6.07) is 10.4. The maximum Gasteiger partial charge on any atom is 0.329 e. The smallest absolute Gasteiger partial charge is 0.329 e. The average Bonchev–Trinajstić information content (AvgIpc) is 2.70. The van der Waals surface area contributed by atoms with Crippen LogP contribution in [0.2, 0.25) is 0 Å². The van der Waals surface area contributed by atoms with Crippen LogP contribution >= 0.6 is 0 Å². The summed E-state index contributed by atoms with van der Waals surface area (Å²) in [5, 5.41) is 11.9. The van der Waals surface area contributed by atoms with E-state index in [0.717, 1.165) is 5.56 Å². The molecule has 0 bridgehead atoms. The zero-order valence-corrected chi connectivity index (χ0v) is 15.7. The predicted octanol–water partition coefficient (Wildman–Crippen LogP) is 0.828. The van der Waals surface area contributed by atoms with Gasteiger partial charge in [-0.1, -0.05) is 30.3 Å². The van der Waals surface area contributed by atoms with Crippen LogP contribution in [0.3, 0.4) is 0 Å². The van der Waals surface area contributed by atoms with Gasteiger partial charge in [0.1, 0.15) is 5.65 Å². The van der Waals surface area contributed by atoms with Crippen LogP contribution in [0.25, 0.3) is 11.0 Å². The van der Waals surface area contributed by atoms with Gasteiger partial charge in [-0.25, -0.2) is 9.78 Å². The molecule has 0 radical (unpaired) electrons. The Hall–Kier alpha value is -3.75. The van der Waals surface area contributed by atoms with Gasteiger partial charge < -0.3 is 10.4 Å². The third-order valence-electron chi connectivity index (χ3n) is 4.58. The number of fused-ring (bicyclic) bond motifs is 1. The van der Waals surface area contributed by atoms with Crippen molar-refractivity contribution in [1.29, 1.82) is 0 Å². The number of aromatic nitrogens is 3. The summed E-state index contributed by atoms with van der Waals surface area (Å²) in [5.74, 6) is -1.42. The van der Waals surface area contributed by atoms with E-state index in [1.54, 1.807) is 0 Å². The number of pyridine rings is 1. The molecular weight excluding hydrogens is 376 g/mol. The van der Waals surface area contributed by atoms with Gasteiger partial charge in [-0.3, -0.25) is 23.9 Å². The molecule has 2 heterocycles. The Balaban J connectivity index is 1.85. The van der Waals surface area contributed by atoms with Crippen molar-refractivity contribution in [2.24, 2.45) is 7.05 Å². The molecule has 3 aromatic rings. The molecule has 0 aliphatic heterocycles. The van der Waals surface area contributed by atoms with Gasteiger partial charge in [-0.05, 0) is 24.5 Å². The van der Waals surface area contributed by atoms with Gasteiger partial charge in [0, 0.05) is 25.7 Å². The number of H-pyrrole nitrogens is 1. The van der Waals surface area contributed by atoms with Crippen molar-refractivity contribution < 1.29 is 14.7 Å². The molecule has 2 aromatic heterocycles. The van der Waals surface area contributed by atoms with Gasteiger partial charge >= 0.3 is 11.7 Å². The molecule has 1 aromatic carbocycles. The van der Waals surface area contributed by atoms with Gasteiger partial charge in [0.25, 0.3) is 11.5 Å². The van der Waals surface area contributed by atoms with E-state index in [-0.39, 0.29) is 29.4 Å². The molecule has 3 N–H and O–H groups in total. The quantitative estimate of drug-likeness (QED) is 0.541. The van der Waals surface area contributed by atoms with Crippen molar-refractivity contribution in [3.05, 3.63) is 74.6 Å². The number of nitrogens with one attached hydrogen (secondary N) is 2. The zero-order valence-electron chi connectivity index (χ0n) is 15.7. The van der Waals surface area contributed by atoms with Gasteiger partial charge in [0.05, 0.1) is 10.9 Å². The van der Waals surface area contributed by atoms with Crippen LogP contribution in [0.4, 0.5) is 0 Å². The van der Waals surface area contributed by atoms with Gasteiger partial charge in [0.15, 0.2) is 0 Å². The Morgan fingerprint density at radius 2 is 1.97 bits per heavy atom. The number of carbonyl (C=O) groups excluding carboxylic acids is 1. The topological polar surface area (TPSA) is 134 Å². The second-order valence-corrected chi connectivity index (χ2v) is 6.71. The fourth-order valence-electron chi connectivity index (χ4n) is 3.05. The first-order chi connectivity index (χ1) is 13.8. The molecule has 1 amide bonds. The highest BCUT2D eigenvalue weighted by molar-refractivity contribution is 5.96. The maximum absolute atomic E-state index is 12.7. The summed E-state index contributed by atoms with van der Waals surface area (Å²) in [6.07, 6.45) is 1.92. The van der Waals surface area contributed by atoms with Crippen molar-refractivity contribution in [2.75, 3.05) is 0 Å². The summed E-state index contributed by atoms with van der Waals surface area (Å²) in [4.78, 5) is 53.7. The van der Waals surface area contributed by atoms with E-state index in [0.29, 0.717) is 6.42 Å². The summed E-state index contributed by atoms with van der Waals surface area (Å²) in [5.41, 5.74) is 0.0593. The normalized spacial score (nSPS) is 11.9. The summed E-state index contributed by atoms with van der Waals surface area (Å²) < 4.78 is 1.18. The van der Waals surface area contributed by atoms with Gasteiger partial charge in [0.2, 0.25) is 0 Å². The first-order valence-corrected chi connectivity index (χ1v) is 9.01. The first kappa shape index (κ1) is 20.0. The molecule has 1 atom stereocenters. The Bertz CT molecular complexity index is 1170. The Morgan fingerprint density at radius 3 is 2.66 bits per heavy atom. The second-order valence-electron chi connectivity index (χ2n) is 6.71. The molecule has 0 aliphatic rings. The molecule has 9 nitrogen and oxygen atoms in total. The molecule has 3 rings (SSSR count). The van der Waals surface area contributed by atoms with Crippen molar-refractivity contribution >= 4 is 22.9 Å². The Kier molecular flexibility index (Phi) is 5.87. The number of aromatic amines is 1. The predicted molar refractivity (Wildman–Crippen MR) is 106 cm³/mol. The van der Waals surface area contributed by atoms with E-state index in [1.807, 2.05) is 30.3 Å². The molecular formula is C20H20N4O5. The third kappa shape index (κ3) is 4.75. The van der Waals surface area contributed by atoms with E-state index >= 15 is 0 Å². The molecule has 1 unspecified atom stereocenters. The number of carboxylic acids is 1. The van der Waals surface area contributed by atoms with Gasteiger partial charge in [-0.2, -0.15) is 0 Å². The summed E-state index contributed by atoms with van der Waals surface area (Å²) >= 11 is 0. The van der Waals surface area contributed by atoms with Crippen molar-refractivity contribution in [1.82, 2.24) is 19.9 Å². The number of carboxylic acid groups (broad SMARTS) is 1. The number of hydrogen-bond donors (Lipinski definition) is 3. The monoisotopic (exact) mass is 396 g/mol. The highest BCUT2D eigenvalue weighted by Crippen LogP contribution is 2.11. The number of aryl methyl sites for hydroxylation is 1. The minimum absolute atomic E-state index is 0.0878. The maximum atomic E-state index is 12.7. The van der Waals surface area contributed by atoms with Crippen LogP contribution in [0.15, 0.2) is 52.2 Å². The van der Waals surface area contributed by atoms with Crippen LogP contribution < -0.4 is 16.6 Å². The lowest BCUT2D eigenvalue weighted by molar-refractivity contribution is -0.137. The molecule has 29 heavy (non-hydrogen) atoms. The first-order valence-electron chi connectivity index (χ1n) is 9.01. The number of carbonyl (C=O) groups is 2. The fraction of sp³-hybridized carbons (Fsp3) is 0.250. The summed E-state index contributed by atoms with van der Waals surface area (Å²) in [7, 11) is 1.47. The molecule has 150 valence electrons. The molecule has 0 spiro atoms. The lowest BCUT2D eigenvalue weighted by Gasteiger charge is -2.18. The SMILES string of the molecule is Cn1c(=O)[nH]c(=O)c2cc(C(=O)NC(CCC(=O)O)Cc3ccccc3)cnc21. The zero-order chi connectivity index (χ0) is 21.0. The third-order valence-corrected chi connectivity index (χ3v) is 4.58. The van der Waals surface area contributed by atoms with Crippen LogP contribution in [-0.4, -0.2) is 37.6 Å². The molecule has 9 heteroatoms. The minimum atomic E-state index is -0.947. The average molecular weight is 396 g/mol. The van der Waals surface area contributed by atoms with E-state index < -0.39 is 29.2 Å². The van der Waals surface area contributed by atoms with Crippen LogP contribution in [0.5, 0.6) is 0 Å². The second kappa shape index (κ2) is 8.51. The van der Waals surface area contributed by atoms with E-state index in [2.05, 4.69) is 15.3 Å². The number of benzene rings is 1. The number of nitrogens with zero attached hydrogens (tertiary/aromatic N) is 2. The molecule has 0 aliphatic carbocycles. The largest absolute Gasteiger partial charge is 0.481 e. The molecule has 0 fully saturated rings. The standard InChI is InChI=1S/C20H20N4O5/c1-24-17-15(19(28)23-20(24)29)10-13(11-21-17)18(27)22-14(7-8-16(25)26)9-12-5-3-2-4-6-12/h2-6,10-11,14H,7-9H2,1H3,(H,22,27)(H,25,26)(H,23,28,29). The highest BCUT2D eigenvalue weighted by Gasteiger charge is 2.17. The van der Waals surface area contributed by atoms with Crippen LogP contribution in [0.1, 0.15) is 28.8 Å². The number of hydrogen-bond acceptors (Lipinski definition) is 5. The Labute approximate surface area is 165 Å². The van der Waals surface area contributed by atoms with E-state index in [1.165, 1.54) is 23.9 Å². The Morgan fingerprint density at radius 1 is 1.24 bits per heavy atom. The molecule has 0 saturated heterocycles. The lowest BCUT2D eigenvalue weighted by Crippen LogP contribution is -2.37. The number of aliphatic carboxylic acids is 1. The van der Waals surface area contributed by atoms with Crippen molar-refractivity contribution in [3.8, 4) is 0 Å². The van der Waals surface area contributed by atoms with E-state index in [4.69, 9.17) is 5.11 Å². The fourth-order valence-corrected chi connectivity index (χ4v) is 3.05.